The summed E-state index contributed by atoms with van der Waals surface area (Å²) in [5.41, 5.74) is -1.47. The molecule has 3 aliphatic rings. The smallest absolute Gasteiger partial charge is 0.410 e. The summed E-state index contributed by atoms with van der Waals surface area (Å²) in [4.78, 5) is 40.3. The number of imide groups is 1. The molecule has 0 aliphatic carbocycles. The Morgan fingerprint density at radius 2 is 2.00 bits per heavy atom. The minimum Gasteiger partial charge on any atom is -0.444 e. The minimum absolute atomic E-state index is 0.117. The minimum atomic E-state index is -0.907. The number of carbonyl (C=O) groups excluding carboxylic acids is 3. The van der Waals surface area contributed by atoms with Crippen LogP contribution in [-0.4, -0.2) is 84.5 Å². The van der Waals surface area contributed by atoms with Gasteiger partial charge in [0.2, 0.25) is 0 Å². The lowest BCUT2D eigenvalue weighted by Gasteiger charge is -2.37. The number of likely N-dealkylation sites (tertiary alicyclic amines) is 1. The van der Waals surface area contributed by atoms with Gasteiger partial charge in [-0.1, -0.05) is 0 Å². The van der Waals surface area contributed by atoms with Gasteiger partial charge in [0.15, 0.2) is 0 Å². The topological polar surface area (TPSA) is 97.4 Å². The van der Waals surface area contributed by atoms with Crippen LogP contribution in [0.4, 0.5) is 9.59 Å². The predicted molar refractivity (Wildman–Crippen MR) is 99.8 cm³/mol. The molecule has 3 aliphatic heterocycles. The molecule has 0 bridgehead atoms. The monoisotopic (exact) mass is 397 g/mol. The average Bonchev–Trinajstić information content (AvgIpc) is 3.20. The van der Waals surface area contributed by atoms with E-state index in [2.05, 4.69) is 5.32 Å². The lowest BCUT2D eigenvalue weighted by molar-refractivity contribution is -0.133. The van der Waals surface area contributed by atoms with Gasteiger partial charge in [-0.3, -0.25) is 9.69 Å². The Hall–Kier alpha value is -1.87. The van der Waals surface area contributed by atoms with E-state index in [-0.39, 0.29) is 24.1 Å². The lowest BCUT2D eigenvalue weighted by atomic mass is 9.87. The second-order valence-electron chi connectivity index (χ2n) is 8.65. The maximum atomic E-state index is 12.9. The van der Waals surface area contributed by atoms with Crippen molar-refractivity contribution in [3.63, 3.8) is 0 Å². The van der Waals surface area contributed by atoms with E-state index in [9.17, 15) is 14.4 Å². The Labute approximate surface area is 165 Å². The van der Waals surface area contributed by atoms with E-state index in [4.69, 9.17) is 14.2 Å². The van der Waals surface area contributed by atoms with Gasteiger partial charge in [0.1, 0.15) is 11.1 Å². The van der Waals surface area contributed by atoms with Crippen LogP contribution in [-0.2, 0) is 19.0 Å². The number of piperidine rings is 1. The highest BCUT2D eigenvalue weighted by molar-refractivity contribution is 6.07. The maximum Gasteiger partial charge on any atom is 0.410 e. The number of nitrogens with one attached hydrogen (secondary N) is 1. The van der Waals surface area contributed by atoms with E-state index in [0.29, 0.717) is 52.1 Å². The van der Waals surface area contributed by atoms with Crippen LogP contribution in [0.3, 0.4) is 0 Å². The molecular formula is C19H31N3O6. The zero-order valence-electron chi connectivity index (χ0n) is 17.0. The molecule has 28 heavy (non-hydrogen) atoms. The van der Waals surface area contributed by atoms with E-state index >= 15 is 0 Å². The summed E-state index contributed by atoms with van der Waals surface area (Å²) in [6, 6.07) is -0.361. The number of urea groups is 1. The maximum absolute atomic E-state index is 12.9. The normalized spacial score (nSPS) is 24.8. The first-order valence-electron chi connectivity index (χ1n) is 10.0. The largest absolute Gasteiger partial charge is 0.444 e. The van der Waals surface area contributed by atoms with Crippen molar-refractivity contribution in [2.24, 2.45) is 0 Å². The molecular weight excluding hydrogens is 366 g/mol. The first-order chi connectivity index (χ1) is 13.2. The summed E-state index contributed by atoms with van der Waals surface area (Å²) in [5.74, 6) is -0.203. The summed E-state index contributed by atoms with van der Waals surface area (Å²) in [6.45, 7) is 8.36. The second kappa shape index (κ2) is 8.24. The van der Waals surface area contributed by atoms with Crippen LogP contribution in [0.25, 0.3) is 0 Å². The number of carbonyl (C=O) groups is 3. The van der Waals surface area contributed by atoms with Gasteiger partial charge in [-0.15, -0.1) is 0 Å². The molecule has 3 heterocycles. The standard InChI is InChI=1S/C19H31N3O6/c1-18(2,3)28-17(25)21-9-6-19(7-10-21)15(23)22(16(24)20-19)8-4-11-27-14-5-12-26-13-14/h14H,4-13H2,1-3H3,(H,20,24)/t14-/m1/s1. The molecule has 0 aromatic rings. The molecule has 0 saturated carbocycles. The van der Waals surface area contributed by atoms with Gasteiger partial charge in [0, 0.05) is 32.8 Å². The molecule has 0 aromatic carbocycles. The molecule has 0 aromatic heterocycles. The Morgan fingerprint density at radius 1 is 1.29 bits per heavy atom. The van der Waals surface area contributed by atoms with Crippen molar-refractivity contribution in [2.45, 2.75) is 63.7 Å². The van der Waals surface area contributed by atoms with Gasteiger partial charge >= 0.3 is 12.1 Å². The molecule has 4 amide bonds. The zero-order valence-corrected chi connectivity index (χ0v) is 17.0. The van der Waals surface area contributed by atoms with Crippen LogP contribution in [0.5, 0.6) is 0 Å². The molecule has 9 nitrogen and oxygen atoms in total. The van der Waals surface area contributed by atoms with Crippen molar-refractivity contribution in [2.75, 3.05) is 39.5 Å². The van der Waals surface area contributed by atoms with E-state index < -0.39 is 11.1 Å². The van der Waals surface area contributed by atoms with Crippen molar-refractivity contribution < 1.29 is 28.6 Å². The third-order valence-electron chi connectivity index (χ3n) is 5.28. The Balaban J connectivity index is 1.47. The highest BCUT2D eigenvalue weighted by atomic mass is 16.6. The molecule has 1 N–H and O–H groups in total. The van der Waals surface area contributed by atoms with Crippen molar-refractivity contribution in [3.8, 4) is 0 Å². The van der Waals surface area contributed by atoms with Crippen LogP contribution < -0.4 is 5.32 Å². The fourth-order valence-electron chi connectivity index (χ4n) is 3.73. The molecule has 9 heteroatoms. The number of amides is 4. The molecule has 1 atom stereocenters. The third kappa shape index (κ3) is 4.75. The van der Waals surface area contributed by atoms with Crippen molar-refractivity contribution in [1.29, 1.82) is 0 Å². The number of rotatable bonds is 5. The summed E-state index contributed by atoms with van der Waals surface area (Å²) < 4.78 is 16.3. The first kappa shape index (κ1) is 20.9. The Morgan fingerprint density at radius 3 is 2.61 bits per heavy atom. The van der Waals surface area contributed by atoms with Gasteiger partial charge < -0.3 is 24.4 Å². The number of hydrogen-bond donors (Lipinski definition) is 1. The van der Waals surface area contributed by atoms with Gasteiger partial charge in [0.05, 0.1) is 12.7 Å². The fourth-order valence-corrected chi connectivity index (χ4v) is 3.73. The molecule has 3 rings (SSSR count). The highest BCUT2D eigenvalue weighted by Gasteiger charge is 2.52. The van der Waals surface area contributed by atoms with Crippen LogP contribution in [0.15, 0.2) is 0 Å². The van der Waals surface area contributed by atoms with E-state index in [1.807, 2.05) is 20.8 Å². The predicted octanol–water partition coefficient (Wildman–Crippen LogP) is 1.50. The van der Waals surface area contributed by atoms with Gasteiger partial charge in [-0.2, -0.15) is 0 Å². The molecule has 3 fully saturated rings. The molecule has 3 saturated heterocycles. The molecule has 0 unspecified atom stereocenters. The van der Waals surface area contributed by atoms with Crippen LogP contribution in [0, 0.1) is 0 Å². The zero-order chi connectivity index (χ0) is 20.4. The molecule has 1 spiro atoms. The lowest BCUT2D eigenvalue weighted by Crippen LogP contribution is -2.56. The fraction of sp³-hybridized carbons (Fsp3) is 0.842. The van der Waals surface area contributed by atoms with Gasteiger partial charge in [-0.25, -0.2) is 9.59 Å². The average molecular weight is 397 g/mol. The Bertz CT molecular complexity index is 603. The first-order valence-corrected chi connectivity index (χ1v) is 10.0. The highest BCUT2D eigenvalue weighted by Crippen LogP contribution is 2.30. The van der Waals surface area contributed by atoms with Crippen LogP contribution in [0.1, 0.15) is 46.5 Å². The van der Waals surface area contributed by atoms with Crippen molar-refractivity contribution >= 4 is 18.0 Å². The van der Waals surface area contributed by atoms with E-state index in [1.165, 1.54) is 4.90 Å². The Kier molecular flexibility index (Phi) is 6.14. The number of ether oxygens (including phenoxy) is 3. The molecule has 158 valence electrons. The SMILES string of the molecule is CC(C)(C)OC(=O)N1CCC2(CC1)NC(=O)N(CCCO[C@@H]1CCOC1)C2=O. The number of nitrogens with zero attached hydrogens (tertiary/aromatic N) is 2. The van der Waals surface area contributed by atoms with Gasteiger partial charge in [0.25, 0.3) is 5.91 Å². The van der Waals surface area contributed by atoms with Gasteiger partial charge in [-0.05, 0) is 46.5 Å². The summed E-state index contributed by atoms with van der Waals surface area (Å²) in [7, 11) is 0. The molecule has 0 radical (unpaired) electrons. The summed E-state index contributed by atoms with van der Waals surface area (Å²) in [5, 5.41) is 2.86. The van der Waals surface area contributed by atoms with Crippen molar-refractivity contribution in [1.82, 2.24) is 15.1 Å². The van der Waals surface area contributed by atoms with E-state index in [1.54, 1.807) is 4.90 Å². The summed E-state index contributed by atoms with van der Waals surface area (Å²) in [6.07, 6.45) is 2.00. The van der Waals surface area contributed by atoms with Crippen molar-refractivity contribution in [3.05, 3.63) is 0 Å². The van der Waals surface area contributed by atoms with E-state index in [0.717, 1.165) is 13.0 Å². The third-order valence-corrected chi connectivity index (χ3v) is 5.28. The quantitative estimate of drug-likeness (QED) is 0.558. The van der Waals surface area contributed by atoms with Crippen LogP contribution >= 0.6 is 0 Å². The summed E-state index contributed by atoms with van der Waals surface area (Å²) >= 11 is 0. The van der Waals surface area contributed by atoms with Crippen LogP contribution in [0.2, 0.25) is 0 Å². The number of hydrogen-bond acceptors (Lipinski definition) is 6. The second-order valence-corrected chi connectivity index (χ2v) is 8.65.